The number of anilines is 1. The zero-order valence-electron chi connectivity index (χ0n) is 17.6. The van der Waals surface area contributed by atoms with Gasteiger partial charge in [0, 0.05) is 17.7 Å². The average Bonchev–Trinajstić information content (AvgIpc) is 2.95. The number of nitrogens with two attached hydrogens (primary N) is 1. The second-order valence-corrected chi connectivity index (χ2v) is 7.94. The van der Waals surface area contributed by atoms with Gasteiger partial charge in [-0.05, 0) is 12.5 Å². The van der Waals surface area contributed by atoms with Crippen molar-refractivity contribution in [1.29, 1.82) is 0 Å². The van der Waals surface area contributed by atoms with Gasteiger partial charge in [-0.3, -0.25) is 4.39 Å². The maximum atomic E-state index is 13.3. The number of aromatic nitrogens is 2. The number of hydroxylamine groups is 2. The number of hydrogen-bond donors (Lipinski definition) is 6. The number of nitrogen functional groups attached to an aromatic ring is 1. The summed E-state index contributed by atoms with van der Waals surface area (Å²) in [6, 6.07) is 6.80. The van der Waals surface area contributed by atoms with E-state index in [-0.39, 0.29) is 10.6 Å². The minimum Gasteiger partial charge on any atom is -0.394 e. The normalized spacial score (nSPS) is 28.9. The minimum atomic E-state index is -3.20. The Morgan fingerprint density at radius 3 is 2.69 bits per heavy atom. The Kier molecular flexibility index (Phi) is 6.67. The Morgan fingerprint density at radius 1 is 1.41 bits per heavy atom. The maximum absolute atomic E-state index is 13.3. The summed E-state index contributed by atoms with van der Waals surface area (Å²) in [5.74, 6) is -4.52. The van der Waals surface area contributed by atoms with Crippen molar-refractivity contribution in [3.63, 3.8) is 0 Å². The van der Waals surface area contributed by atoms with E-state index in [0.29, 0.717) is 10.1 Å². The van der Waals surface area contributed by atoms with Crippen LogP contribution in [0.2, 0.25) is 0 Å². The number of benzene rings is 1. The van der Waals surface area contributed by atoms with Crippen LogP contribution < -0.4 is 11.4 Å². The summed E-state index contributed by atoms with van der Waals surface area (Å²) in [6.45, 7) is 1.09. The second kappa shape index (κ2) is 8.83. The average molecular weight is 454 g/mol. The fourth-order valence-corrected chi connectivity index (χ4v) is 3.83. The van der Waals surface area contributed by atoms with Crippen LogP contribution in [-0.2, 0) is 17.2 Å². The standard InChI is InChI=1S/C20H27FN4O7/c1-11-4-3-5-13(6-11)9-24(31)19(29)16(27)15(10-26)32-20(19,30)25-17(22)14(12(2)7-21)8-23-18(25)28/h3-6,8,12,15-16,26-27,29-31H,7,9-10,22H2,1-2H3/t12?,15-,16-,19-,20-/m1/s1. The Morgan fingerprint density at radius 2 is 2.09 bits per heavy atom. The number of rotatable bonds is 7. The first-order chi connectivity index (χ1) is 15.0. The molecule has 2 heterocycles. The van der Waals surface area contributed by atoms with E-state index in [4.69, 9.17) is 10.5 Å². The van der Waals surface area contributed by atoms with Gasteiger partial charge in [0.05, 0.1) is 19.8 Å². The van der Waals surface area contributed by atoms with E-state index >= 15 is 0 Å². The largest absolute Gasteiger partial charge is 0.394 e. The molecule has 5 atom stereocenters. The molecule has 0 radical (unpaired) electrons. The van der Waals surface area contributed by atoms with Gasteiger partial charge in [0.2, 0.25) is 5.72 Å². The van der Waals surface area contributed by atoms with Crippen molar-refractivity contribution in [1.82, 2.24) is 14.6 Å². The van der Waals surface area contributed by atoms with Crippen LogP contribution in [-0.4, -0.2) is 71.5 Å². The lowest BCUT2D eigenvalue weighted by molar-refractivity contribution is -0.413. The third-order valence-electron chi connectivity index (χ3n) is 5.66. The number of aliphatic hydroxyl groups excluding tert-OH is 2. The molecule has 7 N–H and O–H groups in total. The van der Waals surface area contributed by atoms with Gasteiger partial charge in [-0.1, -0.05) is 36.8 Å². The Labute approximate surface area is 182 Å². The van der Waals surface area contributed by atoms with Crippen LogP contribution >= 0.6 is 0 Å². The Bertz CT molecular complexity index is 1040. The summed E-state index contributed by atoms with van der Waals surface area (Å²) in [5, 5.41) is 54.1. The van der Waals surface area contributed by atoms with Gasteiger partial charge in [0.1, 0.15) is 18.0 Å². The number of aliphatic hydroxyl groups is 4. The predicted octanol–water partition coefficient (Wildman–Crippen LogP) is -0.858. The summed E-state index contributed by atoms with van der Waals surface area (Å²) in [4.78, 5) is 16.2. The lowest BCUT2D eigenvalue weighted by Crippen LogP contribution is -2.68. The van der Waals surface area contributed by atoms with Crippen LogP contribution in [0.3, 0.4) is 0 Å². The highest BCUT2D eigenvalue weighted by atomic mass is 19.1. The molecule has 1 unspecified atom stereocenters. The summed E-state index contributed by atoms with van der Waals surface area (Å²) >= 11 is 0. The Balaban J connectivity index is 2.17. The summed E-state index contributed by atoms with van der Waals surface area (Å²) in [7, 11) is 0. The lowest BCUT2D eigenvalue weighted by atomic mass is 9.99. The molecule has 1 aliphatic heterocycles. The SMILES string of the molecule is Cc1cccc(CN(O)[C@@]2(O)[C@H](O)[C@@H](CO)O[C@@]2(O)n2c(N)c(C(C)CF)cnc2=O)c1. The number of nitrogens with zero attached hydrogens (tertiary/aromatic N) is 3. The van der Waals surface area contributed by atoms with E-state index in [1.807, 2.05) is 0 Å². The van der Waals surface area contributed by atoms with Gasteiger partial charge in [-0.2, -0.15) is 0 Å². The number of hydrogen-bond acceptors (Lipinski definition) is 10. The molecule has 1 saturated heterocycles. The first-order valence-electron chi connectivity index (χ1n) is 9.88. The summed E-state index contributed by atoms with van der Waals surface area (Å²) in [6.07, 6.45) is -2.69. The molecule has 12 heteroatoms. The molecule has 11 nitrogen and oxygen atoms in total. The third-order valence-corrected chi connectivity index (χ3v) is 5.66. The molecule has 3 rings (SSSR count). The highest BCUT2D eigenvalue weighted by molar-refractivity contribution is 5.42. The number of ether oxygens (including phenoxy) is 1. The van der Waals surface area contributed by atoms with Crippen LogP contribution in [0.1, 0.15) is 29.5 Å². The lowest BCUT2D eigenvalue weighted by Gasteiger charge is -2.42. The van der Waals surface area contributed by atoms with Gasteiger partial charge in [-0.25, -0.2) is 14.3 Å². The molecule has 1 aliphatic rings. The highest BCUT2D eigenvalue weighted by Crippen LogP contribution is 2.45. The van der Waals surface area contributed by atoms with Crippen molar-refractivity contribution in [2.45, 2.75) is 50.2 Å². The topological polar surface area (TPSA) is 175 Å². The molecule has 0 amide bonds. The molecule has 1 fully saturated rings. The molecular weight excluding hydrogens is 427 g/mol. The highest BCUT2D eigenvalue weighted by Gasteiger charge is 2.70. The van der Waals surface area contributed by atoms with Crippen molar-refractivity contribution >= 4 is 5.82 Å². The fraction of sp³-hybridized carbons (Fsp3) is 0.500. The van der Waals surface area contributed by atoms with Crippen molar-refractivity contribution in [3.05, 3.63) is 57.6 Å². The van der Waals surface area contributed by atoms with Crippen LogP contribution in [0, 0.1) is 6.92 Å². The van der Waals surface area contributed by atoms with Crippen LogP contribution in [0.5, 0.6) is 0 Å². The van der Waals surface area contributed by atoms with E-state index in [0.717, 1.165) is 11.8 Å². The van der Waals surface area contributed by atoms with Gasteiger partial charge in [0.25, 0.3) is 0 Å². The first kappa shape index (κ1) is 24.2. The number of aryl methyl sites for hydroxylation is 1. The molecule has 0 aliphatic carbocycles. The fourth-order valence-electron chi connectivity index (χ4n) is 3.83. The molecule has 2 aromatic rings. The smallest absolute Gasteiger partial charge is 0.353 e. The van der Waals surface area contributed by atoms with Crippen LogP contribution in [0.25, 0.3) is 0 Å². The Hall–Kier alpha value is -2.45. The van der Waals surface area contributed by atoms with Crippen molar-refractivity contribution < 1.29 is 34.8 Å². The monoisotopic (exact) mass is 454 g/mol. The minimum absolute atomic E-state index is 0.0246. The van der Waals surface area contributed by atoms with E-state index < -0.39 is 61.1 Å². The molecular formula is C20H27FN4O7. The summed E-state index contributed by atoms with van der Waals surface area (Å²) < 4.78 is 18.9. The van der Waals surface area contributed by atoms with Crippen LogP contribution in [0.4, 0.5) is 10.2 Å². The van der Waals surface area contributed by atoms with Crippen molar-refractivity contribution in [2.24, 2.45) is 0 Å². The summed E-state index contributed by atoms with van der Waals surface area (Å²) in [5.41, 5.74) is 3.08. The van der Waals surface area contributed by atoms with Crippen molar-refractivity contribution in [3.8, 4) is 0 Å². The third kappa shape index (κ3) is 3.69. The molecule has 0 saturated carbocycles. The molecule has 1 aromatic carbocycles. The predicted molar refractivity (Wildman–Crippen MR) is 109 cm³/mol. The van der Waals surface area contributed by atoms with E-state index in [1.54, 1.807) is 31.2 Å². The second-order valence-electron chi connectivity index (χ2n) is 7.94. The van der Waals surface area contributed by atoms with E-state index in [2.05, 4.69) is 4.98 Å². The maximum Gasteiger partial charge on any atom is 0.353 e. The molecule has 0 spiro atoms. The van der Waals surface area contributed by atoms with Gasteiger partial charge < -0.3 is 36.1 Å². The first-order valence-corrected chi connectivity index (χ1v) is 9.88. The van der Waals surface area contributed by atoms with E-state index in [1.165, 1.54) is 6.92 Å². The zero-order valence-corrected chi connectivity index (χ0v) is 17.6. The molecule has 1 aromatic heterocycles. The molecule has 32 heavy (non-hydrogen) atoms. The number of alkyl halides is 1. The van der Waals surface area contributed by atoms with Gasteiger partial charge in [-0.15, -0.1) is 5.06 Å². The van der Waals surface area contributed by atoms with Gasteiger partial charge >= 0.3 is 11.6 Å². The van der Waals surface area contributed by atoms with Gasteiger partial charge in [0.15, 0.2) is 0 Å². The van der Waals surface area contributed by atoms with Crippen LogP contribution in [0.15, 0.2) is 35.3 Å². The molecule has 176 valence electrons. The zero-order chi connectivity index (χ0) is 23.8. The number of halogens is 1. The van der Waals surface area contributed by atoms with Crippen molar-refractivity contribution in [2.75, 3.05) is 19.0 Å². The quantitative estimate of drug-likeness (QED) is 0.228. The van der Waals surface area contributed by atoms with E-state index in [9.17, 15) is 34.8 Å². The molecule has 0 bridgehead atoms.